The van der Waals surface area contributed by atoms with Crippen LogP contribution < -0.4 is 10.1 Å². The maximum Gasteiger partial charge on any atom is 0.257 e. The lowest BCUT2D eigenvalue weighted by atomic mass is 10.0. The van der Waals surface area contributed by atoms with Crippen LogP contribution in [0.25, 0.3) is 11.3 Å². The SMILES string of the molecule is Cc1cccc(OCCCNC(=O)c2c(-c3c(F)cccc3Cl)noc2C)c1. The van der Waals surface area contributed by atoms with E-state index >= 15 is 0 Å². The molecule has 0 spiro atoms. The van der Waals surface area contributed by atoms with E-state index in [-0.39, 0.29) is 21.8 Å². The van der Waals surface area contributed by atoms with E-state index in [4.69, 9.17) is 20.9 Å². The van der Waals surface area contributed by atoms with Crippen molar-refractivity contribution >= 4 is 17.5 Å². The highest BCUT2D eigenvalue weighted by Crippen LogP contribution is 2.33. The average Bonchev–Trinajstić information content (AvgIpc) is 3.02. The molecule has 0 aliphatic carbocycles. The summed E-state index contributed by atoms with van der Waals surface area (Å²) in [6.07, 6.45) is 0.611. The van der Waals surface area contributed by atoms with Crippen molar-refractivity contribution in [3.63, 3.8) is 0 Å². The quantitative estimate of drug-likeness (QED) is 0.568. The summed E-state index contributed by atoms with van der Waals surface area (Å²) in [4.78, 5) is 12.6. The number of nitrogens with zero attached hydrogens (tertiary/aromatic N) is 1. The largest absolute Gasteiger partial charge is 0.494 e. The van der Waals surface area contributed by atoms with Gasteiger partial charge in [0.15, 0.2) is 0 Å². The molecule has 0 atom stereocenters. The van der Waals surface area contributed by atoms with E-state index in [9.17, 15) is 9.18 Å². The third kappa shape index (κ3) is 4.51. The fourth-order valence-corrected chi connectivity index (χ4v) is 3.04. The first-order valence-corrected chi connectivity index (χ1v) is 9.23. The Kier molecular flexibility index (Phi) is 6.31. The van der Waals surface area contributed by atoms with Gasteiger partial charge >= 0.3 is 0 Å². The molecule has 1 heterocycles. The second-order valence-corrected chi connectivity index (χ2v) is 6.74. The topological polar surface area (TPSA) is 64.4 Å². The van der Waals surface area contributed by atoms with E-state index in [1.807, 2.05) is 31.2 Å². The standard InChI is InChI=1S/C21H20ClFN2O3/c1-13-6-3-7-15(12-13)27-11-5-10-24-21(26)18-14(2)28-25-20(18)19-16(22)8-4-9-17(19)23/h3-4,6-9,12H,5,10-11H2,1-2H3,(H,24,26). The maximum absolute atomic E-state index is 14.2. The molecular formula is C21H20ClFN2O3. The summed E-state index contributed by atoms with van der Waals surface area (Å²) in [7, 11) is 0. The molecule has 2 aromatic carbocycles. The molecule has 1 aromatic heterocycles. The number of aromatic nitrogens is 1. The first-order chi connectivity index (χ1) is 13.5. The summed E-state index contributed by atoms with van der Waals surface area (Å²) in [6.45, 7) is 4.44. The minimum Gasteiger partial charge on any atom is -0.494 e. The van der Waals surface area contributed by atoms with Crippen LogP contribution in [0.5, 0.6) is 5.75 Å². The van der Waals surface area contributed by atoms with Crippen molar-refractivity contribution in [3.8, 4) is 17.0 Å². The summed E-state index contributed by atoms with van der Waals surface area (Å²) >= 11 is 6.09. The Morgan fingerprint density at radius 3 is 2.79 bits per heavy atom. The lowest BCUT2D eigenvalue weighted by molar-refractivity contribution is 0.0950. The van der Waals surface area contributed by atoms with Crippen molar-refractivity contribution in [2.45, 2.75) is 20.3 Å². The highest BCUT2D eigenvalue weighted by Gasteiger charge is 2.25. The lowest BCUT2D eigenvalue weighted by Gasteiger charge is -2.09. The molecule has 7 heteroatoms. The molecular weight excluding hydrogens is 383 g/mol. The van der Waals surface area contributed by atoms with Gasteiger partial charge in [-0.1, -0.05) is 35.0 Å². The van der Waals surface area contributed by atoms with Crippen LogP contribution in [-0.4, -0.2) is 24.2 Å². The van der Waals surface area contributed by atoms with E-state index < -0.39 is 11.7 Å². The van der Waals surface area contributed by atoms with Crippen LogP contribution in [0.15, 0.2) is 47.0 Å². The van der Waals surface area contributed by atoms with Crippen LogP contribution in [-0.2, 0) is 0 Å². The molecule has 0 fully saturated rings. The van der Waals surface area contributed by atoms with Gasteiger partial charge < -0.3 is 14.6 Å². The smallest absolute Gasteiger partial charge is 0.257 e. The number of hydrogen-bond donors (Lipinski definition) is 1. The fourth-order valence-electron chi connectivity index (χ4n) is 2.79. The number of halogens is 2. The summed E-state index contributed by atoms with van der Waals surface area (Å²) < 4.78 is 25.0. The molecule has 28 heavy (non-hydrogen) atoms. The van der Waals surface area contributed by atoms with Crippen LogP contribution >= 0.6 is 11.6 Å². The summed E-state index contributed by atoms with van der Waals surface area (Å²) in [5.74, 6) is 0.116. The second-order valence-electron chi connectivity index (χ2n) is 6.33. The Bertz CT molecular complexity index is 967. The summed E-state index contributed by atoms with van der Waals surface area (Å²) in [5.41, 5.74) is 1.43. The van der Waals surface area contributed by atoms with Gasteiger partial charge in [-0.2, -0.15) is 0 Å². The minimum atomic E-state index is -0.568. The van der Waals surface area contributed by atoms with Gasteiger partial charge in [0.2, 0.25) is 0 Å². The highest BCUT2D eigenvalue weighted by atomic mass is 35.5. The number of nitrogens with one attached hydrogen (secondary N) is 1. The molecule has 0 radical (unpaired) electrons. The number of amides is 1. The van der Waals surface area contributed by atoms with E-state index in [2.05, 4.69) is 10.5 Å². The molecule has 0 unspecified atom stereocenters. The van der Waals surface area contributed by atoms with Gasteiger partial charge in [-0.3, -0.25) is 4.79 Å². The van der Waals surface area contributed by atoms with E-state index in [0.29, 0.717) is 25.3 Å². The number of carbonyl (C=O) groups excluding carboxylic acids is 1. The van der Waals surface area contributed by atoms with Crippen molar-refractivity contribution in [2.75, 3.05) is 13.2 Å². The Balaban J connectivity index is 1.61. The van der Waals surface area contributed by atoms with Crippen molar-refractivity contribution < 1.29 is 18.4 Å². The van der Waals surface area contributed by atoms with Gasteiger partial charge in [0.25, 0.3) is 5.91 Å². The first-order valence-electron chi connectivity index (χ1n) is 8.85. The fraction of sp³-hybridized carbons (Fsp3) is 0.238. The van der Waals surface area contributed by atoms with Crippen molar-refractivity contribution in [3.05, 3.63) is 70.2 Å². The Hall–Kier alpha value is -2.86. The van der Waals surface area contributed by atoms with Crippen LogP contribution in [0.4, 0.5) is 4.39 Å². The third-order valence-electron chi connectivity index (χ3n) is 4.15. The van der Waals surface area contributed by atoms with Crippen molar-refractivity contribution in [2.24, 2.45) is 0 Å². The monoisotopic (exact) mass is 402 g/mol. The molecule has 1 amide bonds. The zero-order chi connectivity index (χ0) is 20.1. The van der Waals surface area contributed by atoms with Gasteiger partial charge in [0.05, 0.1) is 17.2 Å². The number of hydrogen-bond acceptors (Lipinski definition) is 4. The minimum absolute atomic E-state index is 0.0500. The van der Waals surface area contributed by atoms with Crippen LogP contribution in [0.2, 0.25) is 5.02 Å². The zero-order valence-corrected chi connectivity index (χ0v) is 16.3. The molecule has 0 saturated heterocycles. The van der Waals surface area contributed by atoms with Gasteiger partial charge in [-0.25, -0.2) is 4.39 Å². The normalized spacial score (nSPS) is 10.7. The predicted octanol–water partition coefficient (Wildman–Crippen LogP) is 4.95. The Morgan fingerprint density at radius 2 is 2.04 bits per heavy atom. The van der Waals surface area contributed by atoms with Crippen LogP contribution in [0, 0.1) is 19.7 Å². The van der Waals surface area contributed by atoms with Gasteiger partial charge in [0, 0.05) is 6.54 Å². The Morgan fingerprint density at radius 1 is 1.25 bits per heavy atom. The van der Waals surface area contributed by atoms with Gasteiger partial charge in [-0.05, 0) is 50.1 Å². The Labute approximate surface area is 167 Å². The second kappa shape index (κ2) is 8.89. The third-order valence-corrected chi connectivity index (χ3v) is 4.47. The summed E-state index contributed by atoms with van der Waals surface area (Å²) in [6, 6.07) is 12.0. The molecule has 0 aliphatic rings. The highest BCUT2D eigenvalue weighted by molar-refractivity contribution is 6.33. The summed E-state index contributed by atoms with van der Waals surface area (Å²) in [5, 5.41) is 6.79. The predicted molar refractivity (Wildman–Crippen MR) is 105 cm³/mol. The molecule has 0 saturated carbocycles. The van der Waals surface area contributed by atoms with Gasteiger partial charge in [-0.15, -0.1) is 0 Å². The molecule has 1 N–H and O–H groups in total. The zero-order valence-electron chi connectivity index (χ0n) is 15.6. The molecule has 0 aliphatic heterocycles. The van der Waals surface area contributed by atoms with Crippen LogP contribution in [0.1, 0.15) is 28.1 Å². The molecule has 3 rings (SSSR count). The van der Waals surface area contributed by atoms with E-state index in [1.165, 1.54) is 18.2 Å². The number of rotatable bonds is 7. The van der Waals surface area contributed by atoms with Crippen molar-refractivity contribution in [1.82, 2.24) is 10.5 Å². The lowest BCUT2D eigenvalue weighted by Crippen LogP contribution is -2.26. The number of ether oxygens (including phenoxy) is 1. The van der Waals surface area contributed by atoms with Crippen LogP contribution in [0.3, 0.4) is 0 Å². The number of carbonyl (C=O) groups is 1. The number of benzene rings is 2. The molecule has 3 aromatic rings. The number of aryl methyl sites for hydroxylation is 2. The van der Waals surface area contributed by atoms with Gasteiger partial charge in [0.1, 0.15) is 28.6 Å². The molecule has 0 bridgehead atoms. The maximum atomic E-state index is 14.2. The van der Waals surface area contributed by atoms with E-state index in [0.717, 1.165) is 11.3 Å². The average molecular weight is 403 g/mol. The van der Waals surface area contributed by atoms with Crippen molar-refractivity contribution in [1.29, 1.82) is 0 Å². The molecule has 5 nitrogen and oxygen atoms in total. The molecule has 146 valence electrons. The first kappa shape index (κ1) is 19.9. The van der Waals surface area contributed by atoms with E-state index in [1.54, 1.807) is 6.92 Å².